The van der Waals surface area contributed by atoms with Gasteiger partial charge in [0.2, 0.25) is 5.91 Å². The number of nitrogens with zero attached hydrogens (tertiary/aromatic N) is 1. The predicted molar refractivity (Wildman–Crippen MR) is 111 cm³/mol. The number of benzene rings is 1. The first-order valence-electron chi connectivity index (χ1n) is 10.2. The lowest BCUT2D eigenvalue weighted by molar-refractivity contribution is -0.143. The van der Waals surface area contributed by atoms with Crippen LogP contribution in [-0.2, 0) is 30.9 Å². The average molecular weight is 421 g/mol. The molecule has 166 valence electrons. The van der Waals surface area contributed by atoms with E-state index in [1.165, 1.54) is 7.05 Å². The zero-order chi connectivity index (χ0) is 22.5. The van der Waals surface area contributed by atoms with Gasteiger partial charge in [0, 0.05) is 19.0 Å². The molecule has 0 bridgehead atoms. The molecular formula is C22H32N2O6. The summed E-state index contributed by atoms with van der Waals surface area (Å²) in [7, 11) is 1.45. The van der Waals surface area contributed by atoms with Crippen LogP contribution in [0.2, 0.25) is 0 Å². The molecule has 0 spiro atoms. The molecule has 0 saturated heterocycles. The molecule has 8 nitrogen and oxygen atoms in total. The van der Waals surface area contributed by atoms with Crippen LogP contribution in [0.5, 0.6) is 5.75 Å². The summed E-state index contributed by atoms with van der Waals surface area (Å²) in [5.74, 6) is 0.0129. The van der Waals surface area contributed by atoms with Crippen LogP contribution >= 0.6 is 0 Å². The van der Waals surface area contributed by atoms with Gasteiger partial charge in [-0.15, -0.1) is 0 Å². The summed E-state index contributed by atoms with van der Waals surface area (Å²) in [4.78, 5) is 37.1. The van der Waals surface area contributed by atoms with Crippen molar-refractivity contribution in [2.45, 2.75) is 64.9 Å². The highest BCUT2D eigenvalue weighted by atomic mass is 16.6. The molecule has 0 radical (unpaired) electrons. The van der Waals surface area contributed by atoms with Crippen LogP contribution in [0.4, 0.5) is 4.79 Å². The molecule has 0 aromatic heterocycles. The van der Waals surface area contributed by atoms with Crippen molar-refractivity contribution in [1.82, 2.24) is 10.4 Å². The zero-order valence-corrected chi connectivity index (χ0v) is 18.7. The van der Waals surface area contributed by atoms with Gasteiger partial charge >= 0.3 is 12.1 Å². The standard InChI is InChI=1S/C22H32N2O6/c1-7-28-17(25)12-11-15-9-8-10-16-18(15)29-14-13-22(16,5)19(26)23-24(6)20(27)30-21(2,3)4/h8-10H,7,11-14H2,1-6H3,(H,23,26). The van der Waals surface area contributed by atoms with E-state index in [1.54, 1.807) is 27.7 Å². The fourth-order valence-corrected chi connectivity index (χ4v) is 3.24. The first-order chi connectivity index (χ1) is 14.0. The molecule has 1 unspecified atom stereocenters. The fourth-order valence-electron chi connectivity index (χ4n) is 3.24. The number of hydrazine groups is 1. The van der Waals surface area contributed by atoms with E-state index < -0.39 is 17.1 Å². The van der Waals surface area contributed by atoms with Crippen LogP contribution in [0.3, 0.4) is 0 Å². The third-order valence-corrected chi connectivity index (χ3v) is 4.88. The molecule has 0 saturated carbocycles. The minimum atomic E-state index is -0.899. The smallest absolute Gasteiger partial charge is 0.428 e. The monoisotopic (exact) mass is 420 g/mol. The van der Waals surface area contributed by atoms with E-state index in [1.807, 2.05) is 25.1 Å². The van der Waals surface area contributed by atoms with E-state index in [9.17, 15) is 14.4 Å². The molecule has 8 heteroatoms. The Hall–Kier alpha value is -2.77. The Morgan fingerprint density at radius 3 is 2.60 bits per heavy atom. The summed E-state index contributed by atoms with van der Waals surface area (Å²) in [5, 5.41) is 1.05. The molecule has 1 heterocycles. The van der Waals surface area contributed by atoms with Crippen LogP contribution in [0, 0.1) is 0 Å². The second-order valence-corrected chi connectivity index (χ2v) is 8.51. The molecule has 1 aliphatic heterocycles. The normalized spacial score (nSPS) is 17.9. The Morgan fingerprint density at radius 2 is 1.97 bits per heavy atom. The molecule has 1 atom stereocenters. The maximum Gasteiger partial charge on any atom is 0.428 e. The van der Waals surface area contributed by atoms with Gasteiger partial charge in [0.25, 0.3) is 0 Å². The van der Waals surface area contributed by atoms with Gasteiger partial charge in [-0.3, -0.25) is 15.0 Å². The number of nitrogens with one attached hydrogen (secondary N) is 1. The molecule has 2 amide bonds. The van der Waals surface area contributed by atoms with Gasteiger partial charge in [-0.1, -0.05) is 18.2 Å². The first-order valence-corrected chi connectivity index (χ1v) is 10.2. The Bertz CT molecular complexity index is 801. The summed E-state index contributed by atoms with van der Waals surface area (Å²) in [5.41, 5.74) is 2.64. The maximum absolute atomic E-state index is 13.1. The summed E-state index contributed by atoms with van der Waals surface area (Å²) >= 11 is 0. The Labute approximate surface area is 177 Å². The average Bonchev–Trinajstić information content (AvgIpc) is 2.65. The van der Waals surface area contributed by atoms with Gasteiger partial charge in [-0.25, -0.2) is 9.80 Å². The lowest BCUT2D eigenvalue weighted by Crippen LogP contribution is -2.53. The van der Waals surface area contributed by atoms with Crippen molar-refractivity contribution in [3.63, 3.8) is 0 Å². The topological polar surface area (TPSA) is 94.2 Å². The molecule has 30 heavy (non-hydrogen) atoms. The van der Waals surface area contributed by atoms with Crippen molar-refractivity contribution in [2.75, 3.05) is 20.3 Å². The number of ether oxygens (including phenoxy) is 3. The van der Waals surface area contributed by atoms with Crippen molar-refractivity contribution in [3.05, 3.63) is 29.3 Å². The molecule has 1 aromatic carbocycles. The highest BCUT2D eigenvalue weighted by Crippen LogP contribution is 2.41. The third kappa shape index (κ3) is 5.64. The lowest BCUT2D eigenvalue weighted by atomic mass is 9.76. The number of carbonyl (C=O) groups is 3. The minimum Gasteiger partial charge on any atom is -0.493 e. The van der Waals surface area contributed by atoms with Gasteiger partial charge in [-0.05, 0) is 53.0 Å². The van der Waals surface area contributed by atoms with Crippen LogP contribution in [-0.4, -0.2) is 48.8 Å². The van der Waals surface area contributed by atoms with Crippen molar-refractivity contribution in [3.8, 4) is 5.75 Å². The van der Waals surface area contributed by atoms with E-state index in [-0.39, 0.29) is 18.3 Å². The molecule has 1 aromatic rings. The van der Waals surface area contributed by atoms with Gasteiger partial charge in [-0.2, -0.15) is 0 Å². The Morgan fingerprint density at radius 1 is 1.27 bits per heavy atom. The molecule has 0 aliphatic carbocycles. The SMILES string of the molecule is CCOC(=O)CCc1cccc2c1OCCC2(C)C(=O)NN(C)C(=O)OC(C)(C)C. The second-order valence-electron chi connectivity index (χ2n) is 8.51. The molecule has 2 rings (SSSR count). The van der Waals surface area contributed by atoms with Crippen LogP contribution in [0.1, 0.15) is 58.6 Å². The number of hydrogen-bond acceptors (Lipinski definition) is 6. The van der Waals surface area contributed by atoms with Crippen molar-refractivity contribution < 1.29 is 28.6 Å². The largest absolute Gasteiger partial charge is 0.493 e. The molecular weight excluding hydrogens is 388 g/mol. The van der Waals surface area contributed by atoms with Crippen LogP contribution in [0.25, 0.3) is 0 Å². The number of amides is 2. The molecule has 0 fully saturated rings. The maximum atomic E-state index is 13.1. The summed E-state index contributed by atoms with van der Waals surface area (Å²) < 4.78 is 16.2. The van der Waals surface area contributed by atoms with Crippen LogP contribution in [0.15, 0.2) is 18.2 Å². The number of para-hydroxylation sites is 1. The van der Waals surface area contributed by atoms with Crippen LogP contribution < -0.4 is 10.2 Å². The molecule has 1 aliphatic rings. The van der Waals surface area contributed by atoms with E-state index in [4.69, 9.17) is 14.2 Å². The zero-order valence-electron chi connectivity index (χ0n) is 18.7. The van der Waals surface area contributed by atoms with Crippen molar-refractivity contribution in [1.29, 1.82) is 0 Å². The van der Waals surface area contributed by atoms with Gasteiger partial charge in [0.05, 0.1) is 18.6 Å². The number of aryl methyl sites for hydroxylation is 1. The summed E-state index contributed by atoms with van der Waals surface area (Å²) in [6.07, 6.45) is 0.500. The van der Waals surface area contributed by atoms with E-state index >= 15 is 0 Å². The van der Waals surface area contributed by atoms with E-state index in [2.05, 4.69) is 5.43 Å². The first kappa shape index (κ1) is 23.5. The van der Waals surface area contributed by atoms with Gasteiger partial charge in [0.1, 0.15) is 11.4 Å². The lowest BCUT2D eigenvalue weighted by Gasteiger charge is -2.36. The third-order valence-electron chi connectivity index (χ3n) is 4.88. The van der Waals surface area contributed by atoms with E-state index in [0.717, 1.165) is 16.1 Å². The quantitative estimate of drug-likeness (QED) is 0.581. The van der Waals surface area contributed by atoms with Crippen molar-refractivity contribution in [2.24, 2.45) is 0 Å². The van der Waals surface area contributed by atoms with Crippen molar-refractivity contribution >= 4 is 18.0 Å². The fraction of sp³-hybridized carbons (Fsp3) is 0.591. The number of fused-ring (bicyclic) bond motifs is 1. The number of hydrogen-bond donors (Lipinski definition) is 1. The summed E-state index contributed by atoms with van der Waals surface area (Å²) in [6, 6.07) is 5.57. The number of carbonyl (C=O) groups excluding carboxylic acids is 3. The Balaban J connectivity index is 2.19. The Kier molecular flexibility index (Phi) is 7.34. The summed E-state index contributed by atoms with van der Waals surface area (Å²) in [6.45, 7) is 9.55. The number of esters is 1. The highest BCUT2D eigenvalue weighted by Gasteiger charge is 2.42. The molecule has 1 N–H and O–H groups in total. The number of rotatable bonds is 5. The van der Waals surface area contributed by atoms with E-state index in [0.29, 0.717) is 31.8 Å². The predicted octanol–water partition coefficient (Wildman–Crippen LogP) is 3.12. The minimum absolute atomic E-state index is 0.234. The second kappa shape index (κ2) is 9.36. The van der Waals surface area contributed by atoms with Gasteiger partial charge in [0.15, 0.2) is 0 Å². The highest BCUT2D eigenvalue weighted by molar-refractivity contribution is 5.90. The van der Waals surface area contributed by atoms with Gasteiger partial charge < -0.3 is 14.2 Å².